The standard InChI is InChI=1S/C13H20N2O6/c1-7(16)3-4-10(13(20)21)14-12(19)11-5-9(18)6-15(11)8(2)17/h9-11,18H,3-6H2,1-2H3,(H,14,19)(H,20,21)/t9-,10+,11+/m1/s1. The molecule has 0 bridgehead atoms. The van der Waals surface area contributed by atoms with E-state index in [0.717, 1.165) is 0 Å². The third-order valence-corrected chi connectivity index (χ3v) is 3.39. The topological polar surface area (TPSA) is 124 Å². The molecular weight excluding hydrogens is 280 g/mol. The minimum atomic E-state index is -1.24. The Kier molecular flexibility index (Phi) is 5.83. The van der Waals surface area contributed by atoms with Gasteiger partial charge in [-0.1, -0.05) is 0 Å². The number of likely N-dealkylation sites (tertiary alicyclic amines) is 1. The zero-order valence-electron chi connectivity index (χ0n) is 12.0. The van der Waals surface area contributed by atoms with Crippen LogP contribution in [0.5, 0.6) is 0 Å². The Hall–Kier alpha value is -1.96. The van der Waals surface area contributed by atoms with Crippen LogP contribution in [0.3, 0.4) is 0 Å². The van der Waals surface area contributed by atoms with Gasteiger partial charge in [0.25, 0.3) is 0 Å². The smallest absolute Gasteiger partial charge is 0.326 e. The summed E-state index contributed by atoms with van der Waals surface area (Å²) >= 11 is 0. The number of hydrogen-bond donors (Lipinski definition) is 3. The van der Waals surface area contributed by atoms with Crippen molar-refractivity contribution in [1.82, 2.24) is 10.2 Å². The Balaban J connectivity index is 2.70. The molecule has 1 fully saturated rings. The van der Waals surface area contributed by atoms with Crippen molar-refractivity contribution in [1.29, 1.82) is 0 Å². The van der Waals surface area contributed by atoms with Crippen LogP contribution in [0, 0.1) is 0 Å². The number of rotatable bonds is 6. The average Bonchev–Trinajstić information content (AvgIpc) is 2.76. The van der Waals surface area contributed by atoms with Crippen molar-refractivity contribution in [3.63, 3.8) is 0 Å². The second kappa shape index (κ2) is 7.16. The van der Waals surface area contributed by atoms with Crippen LogP contribution in [0.25, 0.3) is 0 Å². The summed E-state index contributed by atoms with van der Waals surface area (Å²) in [5.41, 5.74) is 0. The second-order valence-corrected chi connectivity index (χ2v) is 5.22. The first kappa shape index (κ1) is 17.1. The molecule has 1 heterocycles. The number of carbonyl (C=O) groups excluding carboxylic acids is 3. The summed E-state index contributed by atoms with van der Waals surface area (Å²) < 4.78 is 0. The van der Waals surface area contributed by atoms with Crippen molar-refractivity contribution in [2.45, 2.75) is 51.3 Å². The summed E-state index contributed by atoms with van der Waals surface area (Å²) in [5.74, 6) is -2.39. The molecule has 118 valence electrons. The van der Waals surface area contributed by atoms with Crippen LogP contribution in [0.2, 0.25) is 0 Å². The van der Waals surface area contributed by atoms with Gasteiger partial charge in [-0.25, -0.2) is 4.79 Å². The van der Waals surface area contributed by atoms with Crippen LogP contribution in [0.4, 0.5) is 0 Å². The molecule has 8 nitrogen and oxygen atoms in total. The lowest BCUT2D eigenvalue weighted by atomic mass is 10.1. The summed E-state index contributed by atoms with van der Waals surface area (Å²) in [6.07, 6.45) is -0.692. The summed E-state index contributed by atoms with van der Waals surface area (Å²) in [4.78, 5) is 46.7. The van der Waals surface area contributed by atoms with Crippen molar-refractivity contribution >= 4 is 23.6 Å². The van der Waals surface area contributed by atoms with Gasteiger partial charge in [0, 0.05) is 26.3 Å². The fourth-order valence-corrected chi connectivity index (χ4v) is 2.28. The number of ketones is 1. The van der Waals surface area contributed by atoms with Crippen molar-refractivity contribution in [3.05, 3.63) is 0 Å². The molecule has 1 saturated heterocycles. The molecule has 0 aromatic heterocycles. The number of aliphatic carboxylic acids is 1. The number of carbonyl (C=O) groups is 4. The number of carboxylic acid groups (broad SMARTS) is 1. The molecule has 3 atom stereocenters. The monoisotopic (exact) mass is 300 g/mol. The second-order valence-electron chi connectivity index (χ2n) is 5.22. The van der Waals surface area contributed by atoms with E-state index in [0.29, 0.717) is 0 Å². The fourth-order valence-electron chi connectivity index (χ4n) is 2.28. The van der Waals surface area contributed by atoms with Gasteiger partial charge >= 0.3 is 5.97 Å². The predicted molar refractivity (Wildman–Crippen MR) is 71.3 cm³/mol. The first-order valence-corrected chi connectivity index (χ1v) is 6.70. The zero-order valence-corrected chi connectivity index (χ0v) is 12.0. The molecule has 8 heteroatoms. The quantitative estimate of drug-likeness (QED) is 0.572. The molecule has 2 amide bonds. The van der Waals surface area contributed by atoms with Gasteiger partial charge in [0.05, 0.1) is 6.10 Å². The molecule has 0 aliphatic carbocycles. The van der Waals surface area contributed by atoms with Gasteiger partial charge < -0.3 is 25.2 Å². The molecule has 1 rings (SSSR count). The lowest BCUT2D eigenvalue weighted by Crippen LogP contribution is -2.50. The third kappa shape index (κ3) is 4.82. The summed E-state index contributed by atoms with van der Waals surface area (Å²) in [7, 11) is 0. The third-order valence-electron chi connectivity index (χ3n) is 3.39. The van der Waals surface area contributed by atoms with E-state index >= 15 is 0 Å². The van der Waals surface area contributed by atoms with Gasteiger partial charge in [0.2, 0.25) is 11.8 Å². The Morgan fingerprint density at radius 3 is 2.38 bits per heavy atom. The molecule has 3 N–H and O–H groups in total. The largest absolute Gasteiger partial charge is 0.480 e. The van der Waals surface area contributed by atoms with Gasteiger partial charge in [0.1, 0.15) is 17.9 Å². The SMILES string of the molecule is CC(=O)CC[C@H](NC(=O)[C@@H]1C[C@@H](O)CN1C(C)=O)C(=O)O. The van der Waals surface area contributed by atoms with E-state index in [4.69, 9.17) is 5.11 Å². The van der Waals surface area contributed by atoms with Gasteiger partial charge in [-0.05, 0) is 13.3 Å². The van der Waals surface area contributed by atoms with Gasteiger partial charge in [-0.3, -0.25) is 9.59 Å². The number of aliphatic hydroxyl groups excluding tert-OH is 1. The highest BCUT2D eigenvalue weighted by Gasteiger charge is 2.38. The van der Waals surface area contributed by atoms with Crippen molar-refractivity contribution in [3.8, 4) is 0 Å². The number of hydrogen-bond acceptors (Lipinski definition) is 5. The van der Waals surface area contributed by atoms with Crippen LogP contribution in [-0.2, 0) is 19.2 Å². The van der Waals surface area contributed by atoms with Crippen molar-refractivity contribution < 1.29 is 29.4 Å². The summed E-state index contributed by atoms with van der Waals surface area (Å²) in [6.45, 7) is 2.67. The molecule has 0 aromatic rings. The molecule has 1 aliphatic rings. The highest BCUT2D eigenvalue weighted by molar-refractivity contribution is 5.90. The van der Waals surface area contributed by atoms with Crippen LogP contribution >= 0.6 is 0 Å². The number of aliphatic hydroxyl groups is 1. The van der Waals surface area contributed by atoms with E-state index in [-0.39, 0.29) is 37.5 Å². The first-order valence-electron chi connectivity index (χ1n) is 6.70. The van der Waals surface area contributed by atoms with Gasteiger partial charge in [-0.15, -0.1) is 0 Å². The highest BCUT2D eigenvalue weighted by atomic mass is 16.4. The van der Waals surface area contributed by atoms with E-state index in [1.165, 1.54) is 18.7 Å². The number of amides is 2. The number of Topliss-reactive ketones (excluding diaryl/α,β-unsaturated/α-hetero) is 1. The maximum Gasteiger partial charge on any atom is 0.326 e. The number of nitrogens with one attached hydrogen (secondary N) is 1. The molecule has 0 spiro atoms. The van der Waals surface area contributed by atoms with Crippen molar-refractivity contribution in [2.75, 3.05) is 6.54 Å². The average molecular weight is 300 g/mol. The molecule has 1 aliphatic heterocycles. The minimum Gasteiger partial charge on any atom is -0.480 e. The highest BCUT2D eigenvalue weighted by Crippen LogP contribution is 2.18. The van der Waals surface area contributed by atoms with Gasteiger partial charge in [-0.2, -0.15) is 0 Å². The Morgan fingerprint density at radius 2 is 1.90 bits per heavy atom. The predicted octanol–water partition coefficient (Wildman–Crippen LogP) is -1.09. The summed E-state index contributed by atoms with van der Waals surface area (Å²) in [6, 6.07) is -2.07. The molecule has 0 aromatic carbocycles. The van der Waals surface area contributed by atoms with Gasteiger partial charge in [0.15, 0.2) is 0 Å². The number of nitrogens with zero attached hydrogens (tertiary/aromatic N) is 1. The van der Waals surface area contributed by atoms with E-state index < -0.39 is 30.1 Å². The molecule has 21 heavy (non-hydrogen) atoms. The van der Waals surface area contributed by atoms with E-state index in [1.807, 2.05) is 0 Å². The molecular formula is C13H20N2O6. The van der Waals surface area contributed by atoms with Crippen LogP contribution < -0.4 is 5.32 Å². The maximum absolute atomic E-state index is 12.1. The lowest BCUT2D eigenvalue weighted by molar-refractivity contribution is -0.143. The normalized spacial score (nSPS) is 22.7. The molecule has 0 saturated carbocycles. The molecule has 0 radical (unpaired) electrons. The Bertz CT molecular complexity index is 450. The number of β-amino-alcohol motifs (C(OH)–C–C–N with tert-alkyl or cyclic N) is 1. The maximum atomic E-state index is 12.1. The minimum absolute atomic E-state index is 0.00818. The van der Waals surface area contributed by atoms with Crippen molar-refractivity contribution in [2.24, 2.45) is 0 Å². The summed E-state index contributed by atoms with van der Waals surface area (Å²) in [5, 5.41) is 20.9. The molecule has 0 unspecified atom stereocenters. The zero-order chi connectivity index (χ0) is 16.2. The van der Waals surface area contributed by atoms with E-state index in [9.17, 15) is 24.3 Å². The van der Waals surface area contributed by atoms with Crippen LogP contribution in [0.15, 0.2) is 0 Å². The number of carboxylic acids is 1. The van der Waals surface area contributed by atoms with E-state index in [2.05, 4.69) is 5.32 Å². The Morgan fingerprint density at radius 1 is 1.29 bits per heavy atom. The van der Waals surface area contributed by atoms with E-state index in [1.54, 1.807) is 0 Å². The van der Waals surface area contributed by atoms with Crippen LogP contribution in [0.1, 0.15) is 33.1 Å². The fraction of sp³-hybridized carbons (Fsp3) is 0.692. The lowest BCUT2D eigenvalue weighted by Gasteiger charge is -2.24. The van der Waals surface area contributed by atoms with Crippen LogP contribution in [-0.4, -0.2) is 63.4 Å². The Labute approximate surface area is 122 Å². The first-order chi connectivity index (χ1) is 9.72.